The molecule has 1 aromatic carbocycles. The van der Waals surface area contributed by atoms with Crippen molar-refractivity contribution in [3.05, 3.63) is 29.3 Å². The van der Waals surface area contributed by atoms with Crippen LogP contribution in [0.2, 0.25) is 0 Å². The standard InChI is InChI=1S/C12H16N2O4S/c13-9-2-3-10-8(7-9)1-4-11(10)14-19(17,18)6-5-12(15)16/h2-3,7,11,14H,1,4-6,13H2,(H,15,16). The summed E-state index contributed by atoms with van der Waals surface area (Å²) in [5, 5.41) is 8.52. The smallest absolute Gasteiger partial charge is 0.304 e. The van der Waals surface area contributed by atoms with Gasteiger partial charge in [0.05, 0.1) is 12.2 Å². The summed E-state index contributed by atoms with van der Waals surface area (Å²) in [6.45, 7) is 0. The molecule has 1 aromatic rings. The van der Waals surface area contributed by atoms with Crippen molar-refractivity contribution < 1.29 is 18.3 Å². The highest BCUT2D eigenvalue weighted by Crippen LogP contribution is 2.32. The van der Waals surface area contributed by atoms with E-state index in [-0.39, 0.29) is 6.04 Å². The van der Waals surface area contributed by atoms with E-state index in [1.54, 1.807) is 6.07 Å². The Kier molecular flexibility index (Phi) is 3.77. The first kappa shape index (κ1) is 13.8. The Morgan fingerprint density at radius 2 is 2.21 bits per heavy atom. The molecule has 0 radical (unpaired) electrons. The molecule has 0 saturated heterocycles. The van der Waals surface area contributed by atoms with E-state index in [0.29, 0.717) is 12.1 Å². The van der Waals surface area contributed by atoms with E-state index < -0.39 is 28.2 Å². The molecule has 104 valence electrons. The van der Waals surface area contributed by atoms with Gasteiger partial charge in [-0.3, -0.25) is 4.79 Å². The summed E-state index contributed by atoms with van der Waals surface area (Å²) >= 11 is 0. The van der Waals surface area contributed by atoms with E-state index in [1.807, 2.05) is 12.1 Å². The normalized spacial score (nSPS) is 18.2. The Morgan fingerprint density at radius 1 is 1.47 bits per heavy atom. The van der Waals surface area contributed by atoms with Gasteiger partial charge in [-0.25, -0.2) is 13.1 Å². The van der Waals surface area contributed by atoms with Crippen LogP contribution in [0, 0.1) is 0 Å². The predicted octanol–water partition coefficient (Wildman–Crippen LogP) is 0.650. The van der Waals surface area contributed by atoms with Crippen LogP contribution in [0.5, 0.6) is 0 Å². The fourth-order valence-electron chi connectivity index (χ4n) is 2.26. The number of fused-ring (bicyclic) bond motifs is 1. The first-order valence-corrected chi connectivity index (χ1v) is 7.63. The van der Waals surface area contributed by atoms with Crippen molar-refractivity contribution >= 4 is 21.7 Å². The molecular weight excluding hydrogens is 268 g/mol. The number of anilines is 1. The maximum absolute atomic E-state index is 11.8. The highest BCUT2D eigenvalue weighted by molar-refractivity contribution is 7.89. The Hall–Kier alpha value is -1.60. The van der Waals surface area contributed by atoms with Gasteiger partial charge in [0.1, 0.15) is 0 Å². The average Bonchev–Trinajstić information content (AvgIpc) is 2.68. The molecule has 1 aliphatic rings. The van der Waals surface area contributed by atoms with Crippen LogP contribution in [0.1, 0.15) is 30.0 Å². The van der Waals surface area contributed by atoms with Crippen LogP contribution in [0.25, 0.3) is 0 Å². The van der Waals surface area contributed by atoms with Gasteiger partial charge in [-0.2, -0.15) is 0 Å². The van der Waals surface area contributed by atoms with Gasteiger partial charge >= 0.3 is 5.97 Å². The van der Waals surface area contributed by atoms with Crippen LogP contribution in [0.3, 0.4) is 0 Å². The monoisotopic (exact) mass is 284 g/mol. The first-order valence-electron chi connectivity index (χ1n) is 5.97. The van der Waals surface area contributed by atoms with E-state index in [4.69, 9.17) is 10.8 Å². The fourth-order valence-corrected chi connectivity index (χ4v) is 3.50. The molecule has 1 aliphatic carbocycles. The number of rotatable bonds is 5. The topological polar surface area (TPSA) is 109 Å². The molecule has 0 amide bonds. The van der Waals surface area contributed by atoms with E-state index in [2.05, 4.69) is 4.72 Å². The molecule has 0 bridgehead atoms. The average molecular weight is 284 g/mol. The van der Waals surface area contributed by atoms with E-state index >= 15 is 0 Å². The minimum Gasteiger partial charge on any atom is -0.481 e. The number of aliphatic carboxylic acids is 1. The number of sulfonamides is 1. The number of hydrogen-bond donors (Lipinski definition) is 3. The lowest BCUT2D eigenvalue weighted by molar-refractivity contribution is -0.136. The second kappa shape index (κ2) is 5.18. The van der Waals surface area contributed by atoms with Crippen LogP contribution in [-0.4, -0.2) is 25.2 Å². The van der Waals surface area contributed by atoms with Gasteiger partial charge in [-0.05, 0) is 36.1 Å². The van der Waals surface area contributed by atoms with Gasteiger partial charge in [-0.1, -0.05) is 6.07 Å². The zero-order valence-electron chi connectivity index (χ0n) is 10.3. The zero-order valence-corrected chi connectivity index (χ0v) is 11.1. The lowest BCUT2D eigenvalue weighted by atomic mass is 10.1. The molecule has 19 heavy (non-hydrogen) atoms. The number of carboxylic acids is 1. The maximum Gasteiger partial charge on any atom is 0.304 e. The fraction of sp³-hybridized carbons (Fsp3) is 0.417. The number of hydrogen-bond acceptors (Lipinski definition) is 4. The number of aryl methyl sites for hydroxylation is 1. The van der Waals surface area contributed by atoms with E-state index in [0.717, 1.165) is 17.5 Å². The first-order chi connectivity index (χ1) is 8.87. The van der Waals surface area contributed by atoms with Gasteiger partial charge in [-0.15, -0.1) is 0 Å². The molecule has 6 nitrogen and oxygen atoms in total. The molecule has 7 heteroatoms. The third-order valence-electron chi connectivity index (χ3n) is 3.15. The number of nitrogens with two attached hydrogens (primary N) is 1. The second-order valence-corrected chi connectivity index (χ2v) is 6.50. The number of carbonyl (C=O) groups is 1. The van der Waals surface area contributed by atoms with Gasteiger partial charge < -0.3 is 10.8 Å². The van der Waals surface area contributed by atoms with Gasteiger partial charge in [0, 0.05) is 11.7 Å². The van der Waals surface area contributed by atoms with Crippen LogP contribution in [-0.2, 0) is 21.2 Å². The quantitative estimate of drug-likeness (QED) is 0.688. The van der Waals surface area contributed by atoms with Gasteiger partial charge in [0.25, 0.3) is 0 Å². The third kappa shape index (κ3) is 3.45. The summed E-state index contributed by atoms with van der Waals surface area (Å²) < 4.78 is 26.1. The molecule has 0 aromatic heterocycles. The largest absolute Gasteiger partial charge is 0.481 e. The third-order valence-corrected chi connectivity index (χ3v) is 4.54. The summed E-state index contributed by atoms with van der Waals surface area (Å²) in [6, 6.07) is 5.13. The Balaban J connectivity index is 2.08. The lowest BCUT2D eigenvalue weighted by Crippen LogP contribution is -2.30. The van der Waals surface area contributed by atoms with E-state index in [9.17, 15) is 13.2 Å². The molecule has 0 saturated carbocycles. The van der Waals surface area contributed by atoms with Crippen molar-refractivity contribution in [2.75, 3.05) is 11.5 Å². The van der Waals surface area contributed by atoms with Crippen molar-refractivity contribution in [3.63, 3.8) is 0 Å². The maximum atomic E-state index is 11.8. The molecule has 1 atom stereocenters. The van der Waals surface area contributed by atoms with Crippen LogP contribution in [0.15, 0.2) is 18.2 Å². The molecule has 4 N–H and O–H groups in total. The van der Waals surface area contributed by atoms with Crippen molar-refractivity contribution in [2.24, 2.45) is 0 Å². The molecule has 0 aliphatic heterocycles. The van der Waals surface area contributed by atoms with Crippen LogP contribution in [0.4, 0.5) is 5.69 Å². The Labute approximate surface area is 111 Å². The molecular formula is C12H16N2O4S. The zero-order chi connectivity index (χ0) is 14.0. The summed E-state index contributed by atoms with van der Waals surface area (Å²) in [6.07, 6.45) is 1.05. The number of benzene rings is 1. The minimum atomic E-state index is -3.57. The number of carboxylic acid groups (broad SMARTS) is 1. The summed E-state index contributed by atoms with van der Waals surface area (Å²) in [7, 11) is -3.57. The molecule has 0 fully saturated rings. The number of nitrogen functional groups attached to an aromatic ring is 1. The highest BCUT2D eigenvalue weighted by atomic mass is 32.2. The Morgan fingerprint density at radius 3 is 2.89 bits per heavy atom. The number of nitrogens with one attached hydrogen (secondary N) is 1. The Bertz CT molecular complexity index is 598. The van der Waals surface area contributed by atoms with E-state index in [1.165, 1.54) is 0 Å². The van der Waals surface area contributed by atoms with Crippen LogP contribution >= 0.6 is 0 Å². The SMILES string of the molecule is Nc1ccc2c(c1)CCC2NS(=O)(=O)CCC(=O)O. The molecule has 2 rings (SSSR count). The lowest BCUT2D eigenvalue weighted by Gasteiger charge is -2.14. The molecule has 0 heterocycles. The van der Waals surface area contributed by atoms with Crippen LogP contribution < -0.4 is 10.5 Å². The highest BCUT2D eigenvalue weighted by Gasteiger charge is 2.26. The summed E-state index contributed by atoms with van der Waals surface area (Å²) in [4.78, 5) is 10.4. The van der Waals surface area contributed by atoms with Crippen molar-refractivity contribution in [1.29, 1.82) is 0 Å². The summed E-state index contributed by atoms with van der Waals surface area (Å²) in [5.41, 5.74) is 8.31. The summed E-state index contributed by atoms with van der Waals surface area (Å²) in [5.74, 6) is -1.52. The molecule has 0 spiro atoms. The minimum absolute atomic E-state index is 0.283. The van der Waals surface area contributed by atoms with Gasteiger partial charge in [0.15, 0.2) is 0 Å². The van der Waals surface area contributed by atoms with Crippen molar-refractivity contribution in [3.8, 4) is 0 Å². The molecule has 1 unspecified atom stereocenters. The van der Waals surface area contributed by atoms with Crippen molar-refractivity contribution in [2.45, 2.75) is 25.3 Å². The van der Waals surface area contributed by atoms with Crippen molar-refractivity contribution in [1.82, 2.24) is 4.72 Å². The predicted molar refractivity (Wildman–Crippen MR) is 71.1 cm³/mol. The second-order valence-electron chi connectivity index (χ2n) is 4.63. The van der Waals surface area contributed by atoms with Gasteiger partial charge in [0.2, 0.25) is 10.0 Å².